The number of hydrogen-bond acceptors (Lipinski definition) is 4. The van der Waals surface area contributed by atoms with E-state index < -0.39 is 0 Å². The van der Waals surface area contributed by atoms with Crippen molar-refractivity contribution in [2.45, 2.75) is 13.0 Å². The van der Waals surface area contributed by atoms with Crippen molar-refractivity contribution >= 4 is 23.3 Å². The number of carbonyl (C=O) groups excluding carboxylic acids is 1. The van der Waals surface area contributed by atoms with Gasteiger partial charge in [-0.3, -0.25) is 4.79 Å². The van der Waals surface area contributed by atoms with Crippen molar-refractivity contribution in [1.82, 2.24) is 10.3 Å². The van der Waals surface area contributed by atoms with Gasteiger partial charge in [-0.2, -0.15) is 5.26 Å². The summed E-state index contributed by atoms with van der Waals surface area (Å²) < 4.78 is 0. The Bertz CT molecular complexity index is 1170. The fraction of sp³-hybridized carbons (Fsp3) is 0.125. The molecule has 0 aliphatic carbocycles. The molecule has 0 fully saturated rings. The first-order valence-corrected chi connectivity index (χ1v) is 9.66. The van der Waals surface area contributed by atoms with Crippen LogP contribution in [0.3, 0.4) is 0 Å². The molecule has 3 rings (SSSR count). The van der Waals surface area contributed by atoms with Gasteiger partial charge in [0.1, 0.15) is 11.5 Å². The predicted molar refractivity (Wildman–Crippen MR) is 119 cm³/mol. The van der Waals surface area contributed by atoms with Crippen LogP contribution in [0.5, 0.6) is 0 Å². The van der Waals surface area contributed by atoms with Crippen LogP contribution < -0.4 is 10.6 Å². The zero-order valence-electron chi connectivity index (χ0n) is 16.5. The molecule has 3 aromatic rings. The van der Waals surface area contributed by atoms with Crippen LogP contribution in [0.25, 0.3) is 11.1 Å². The number of anilines is 1. The number of likely N-dealkylation sites (N-methyl/N-ethyl adjacent to an activating group) is 1. The molecule has 0 aliphatic rings. The second-order valence-corrected chi connectivity index (χ2v) is 6.92. The molecule has 0 spiro atoms. The third kappa shape index (κ3) is 5.04. The van der Waals surface area contributed by atoms with Crippen LogP contribution in [0.15, 0.2) is 60.7 Å². The first-order valence-electron chi connectivity index (χ1n) is 9.28. The molecule has 0 radical (unpaired) electrons. The number of aromatic nitrogens is 1. The van der Waals surface area contributed by atoms with Gasteiger partial charge in [0.25, 0.3) is 0 Å². The highest BCUT2D eigenvalue weighted by atomic mass is 35.5. The molecule has 0 saturated heterocycles. The molecule has 1 unspecified atom stereocenters. The lowest BCUT2D eigenvalue weighted by molar-refractivity contribution is -0.117. The summed E-state index contributed by atoms with van der Waals surface area (Å²) >= 11 is 6.40. The molecule has 1 aromatic heterocycles. The van der Waals surface area contributed by atoms with E-state index in [4.69, 9.17) is 11.6 Å². The van der Waals surface area contributed by atoms with Gasteiger partial charge in [0, 0.05) is 21.7 Å². The molecule has 0 aliphatic heterocycles. The van der Waals surface area contributed by atoms with Crippen molar-refractivity contribution in [3.05, 3.63) is 82.5 Å². The number of nitriles is 1. The van der Waals surface area contributed by atoms with E-state index in [0.29, 0.717) is 33.2 Å². The van der Waals surface area contributed by atoms with E-state index in [1.54, 1.807) is 44.3 Å². The van der Waals surface area contributed by atoms with Gasteiger partial charge < -0.3 is 10.6 Å². The molecule has 148 valence electrons. The minimum absolute atomic E-state index is 0.204. The van der Waals surface area contributed by atoms with Gasteiger partial charge in [-0.15, -0.1) is 0 Å². The summed E-state index contributed by atoms with van der Waals surface area (Å²) in [5, 5.41) is 15.4. The summed E-state index contributed by atoms with van der Waals surface area (Å²) in [6, 6.07) is 19.8. The topological polar surface area (TPSA) is 77.8 Å². The summed E-state index contributed by atoms with van der Waals surface area (Å²) in [6.07, 6.45) is 0. The van der Waals surface area contributed by atoms with Gasteiger partial charge in [0.15, 0.2) is 0 Å². The Labute approximate surface area is 180 Å². The highest BCUT2D eigenvalue weighted by molar-refractivity contribution is 6.33. The van der Waals surface area contributed by atoms with Crippen LogP contribution in [0.4, 0.5) is 5.82 Å². The van der Waals surface area contributed by atoms with Gasteiger partial charge in [0.05, 0.1) is 17.7 Å². The van der Waals surface area contributed by atoms with Crippen molar-refractivity contribution < 1.29 is 4.79 Å². The first-order chi connectivity index (χ1) is 14.5. The maximum atomic E-state index is 12.2. The van der Waals surface area contributed by atoms with E-state index in [-0.39, 0.29) is 11.9 Å². The summed E-state index contributed by atoms with van der Waals surface area (Å²) in [4.78, 5) is 16.8. The van der Waals surface area contributed by atoms with Crippen LogP contribution in [0, 0.1) is 23.2 Å². The van der Waals surface area contributed by atoms with Crippen molar-refractivity contribution in [2.75, 3.05) is 12.4 Å². The molecule has 1 heterocycles. The molecule has 5 nitrogen and oxygen atoms in total. The number of pyridine rings is 1. The monoisotopic (exact) mass is 414 g/mol. The van der Waals surface area contributed by atoms with Crippen LogP contribution in [-0.4, -0.2) is 24.0 Å². The van der Waals surface area contributed by atoms with Crippen LogP contribution in [-0.2, 0) is 4.79 Å². The third-order valence-electron chi connectivity index (χ3n) is 4.46. The maximum Gasteiger partial charge on any atom is 0.242 e. The Hall–Kier alpha value is -3.64. The number of nitrogens with one attached hydrogen (secondary N) is 2. The molecular weight excluding hydrogens is 396 g/mol. The number of hydrogen-bond donors (Lipinski definition) is 2. The molecule has 6 heteroatoms. The quantitative estimate of drug-likeness (QED) is 0.626. The standard InChI is InChI=1S/C24H19ClN4O/c1-16(27-2)24(30)29-23-13-10-19(20-14-18(15-26)8-11-21(20)25)22(28-23)12-9-17-6-4-3-5-7-17/h3-8,10-11,13-14,16,27H,1-2H3,(H,28,29,30). The van der Waals surface area contributed by atoms with Gasteiger partial charge in [-0.25, -0.2) is 4.98 Å². The van der Waals surface area contributed by atoms with Gasteiger partial charge >= 0.3 is 0 Å². The fourth-order valence-electron chi connectivity index (χ4n) is 2.66. The van der Waals surface area contributed by atoms with Gasteiger partial charge in [-0.1, -0.05) is 35.7 Å². The Kier molecular flexibility index (Phi) is 6.83. The minimum atomic E-state index is -0.368. The zero-order valence-corrected chi connectivity index (χ0v) is 17.3. The lowest BCUT2D eigenvalue weighted by Gasteiger charge is -2.13. The molecule has 2 N–H and O–H groups in total. The summed E-state index contributed by atoms with van der Waals surface area (Å²) in [5.41, 5.74) is 3.10. The molecule has 30 heavy (non-hydrogen) atoms. The van der Waals surface area contributed by atoms with Crippen molar-refractivity contribution in [1.29, 1.82) is 5.26 Å². The number of carbonyl (C=O) groups is 1. The van der Waals surface area contributed by atoms with Crippen LogP contribution in [0.1, 0.15) is 23.7 Å². The Morgan fingerprint density at radius 1 is 1.03 bits per heavy atom. The highest BCUT2D eigenvalue weighted by Crippen LogP contribution is 2.31. The van der Waals surface area contributed by atoms with Crippen LogP contribution in [0.2, 0.25) is 5.02 Å². The Morgan fingerprint density at radius 2 is 1.80 bits per heavy atom. The Morgan fingerprint density at radius 3 is 2.50 bits per heavy atom. The first kappa shape index (κ1) is 21.1. The van der Waals surface area contributed by atoms with E-state index >= 15 is 0 Å². The SMILES string of the molecule is CNC(C)C(=O)Nc1ccc(-c2cc(C#N)ccc2Cl)c(C#Cc2ccccc2)n1. The molecule has 1 atom stereocenters. The number of amides is 1. The summed E-state index contributed by atoms with van der Waals surface area (Å²) in [5.74, 6) is 6.35. The van der Waals surface area contributed by atoms with Gasteiger partial charge in [-0.05, 0) is 62.4 Å². The third-order valence-corrected chi connectivity index (χ3v) is 4.79. The van der Waals surface area contributed by atoms with Gasteiger partial charge in [0.2, 0.25) is 5.91 Å². The maximum absolute atomic E-state index is 12.2. The van der Waals surface area contributed by atoms with E-state index in [0.717, 1.165) is 5.56 Å². The molecule has 0 saturated carbocycles. The van der Waals surface area contributed by atoms with E-state index in [1.807, 2.05) is 30.3 Å². The number of benzene rings is 2. The molecule has 1 amide bonds. The average Bonchev–Trinajstić information content (AvgIpc) is 2.78. The number of halogens is 1. The van der Waals surface area contributed by atoms with E-state index in [2.05, 4.69) is 33.5 Å². The van der Waals surface area contributed by atoms with Crippen LogP contribution >= 0.6 is 11.6 Å². The fourth-order valence-corrected chi connectivity index (χ4v) is 2.88. The minimum Gasteiger partial charge on any atom is -0.309 e. The Balaban J connectivity index is 2.09. The lowest BCUT2D eigenvalue weighted by Crippen LogP contribution is -2.35. The smallest absolute Gasteiger partial charge is 0.242 e. The summed E-state index contributed by atoms with van der Waals surface area (Å²) in [6.45, 7) is 1.76. The number of rotatable bonds is 4. The zero-order chi connectivity index (χ0) is 21.5. The second-order valence-electron chi connectivity index (χ2n) is 6.51. The molecular formula is C24H19ClN4O. The lowest BCUT2D eigenvalue weighted by atomic mass is 10.0. The summed E-state index contributed by atoms with van der Waals surface area (Å²) in [7, 11) is 1.71. The predicted octanol–water partition coefficient (Wildman–Crippen LogP) is 4.22. The average molecular weight is 415 g/mol. The van der Waals surface area contributed by atoms with Crippen molar-refractivity contribution in [3.8, 4) is 29.0 Å². The molecule has 2 aromatic carbocycles. The number of nitrogens with zero attached hydrogens (tertiary/aromatic N) is 2. The van der Waals surface area contributed by atoms with E-state index in [9.17, 15) is 10.1 Å². The molecule has 0 bridgehead atoms. The highest BCUT2D eigenvalue weighted by Gasteiger charge is 2.14. The van der Waals surface area contributed by atoms with E-state index in [1.165, 1.54) is 0 Å². The largest absolute Gasteiger partial charge is 0.309 e. The normalized spacial score (nSPS) is 11.0. The van der Waals surface area contributed by atoms with Crippen molar-refractivity contribution in [3.63, 3.8) is 0 Å². The second kappa shape index (κ2) is 9.71. The van der Waals surface area contributed by atoms with Crippen molar-refractivity contribution in [2.24, 2.45) is 0 Å².